The minimum atomic E-state index is -3.88. The van der Waals surface area contributed by atoms with E-state index in [0.29, 0.717) is 0 Å². The van der Waals surface area contributed by atoms with Crippen molar-refractivity contribution in [2.24, 2.45) is 0 Å². The standard InChI is InChI=1S/C3HBr3F4/c4-2(5,8)1(7)3(6,9)10/h1H. The van der Waals surface area contributed by atoms with Gasteiger partial charge in [-0.1, -0.05) is 0 Å². The molecule has 1 atom stereocenters. The fraction of sp³-hybridized carbons (Fsp3) is 1.00. The highest BCUT2D eigenvalue weighted by Gasteiger charge is 2.50. The summed E-state index contributed by atoms with van der Waals surface area (Å²) >= 11 is 5.76. The van der Waals surface area contributed by atoms with Crippen molar-refractivity contribution in [2.75, 3.05) is 0 Å². The zero-order valence-corrected chi connectivity index (χ0v) is 8.98. The molecule has 0 bridgehead atoms. The quantitative estimate of drug-likeness (QED) is 0.525. The molecule has 0 aliphatic heterocycles. The Hall–Kier alpha value is 1.16. The normalized spacial score (nSPS) is 17.1. The van der Waals surface area contributed by atoms with Crippen molar-refractivity contribution in [3.05, 3.63) is 0 Å². The molecule has 0 fully saturated rings. The lowest BCUT2D eigenvalue weighted by Crippen LogP contribution is -2.34. The molecule has 0 aliphatic rings. The van der Waals surface area contributed by atoms with Crippen LogP contribution in [0.15, 0.2) is 0 Å². The minimum absolute atomic E-state index is 1.67. The molecule has 0 N–H and O–H groups in total. The SMILES string of the molecule is FC(C(F)(F)Br)C(F)(Br)Br. The lowest BCUT2D eigenvalue weighted by atomic mass is 10.4. The molecule has 0 heterocycles. The van der Waals surface area contributed by atoms with Crippen LogP contribution in [0.5, 0.6) is 0 Å². The molecular weight excluding hydrogens is 352 g/mol. The highest BCUT2D eigenvalue weighted by Crippen LogP contribution is 2.44. The number of hydrogen-bond donors (Lipinski definition) is 0. The molecule has 0 saturated heterocycles. The minimum Gasteiger partial charge on any atom is -0.234 e. The van der Waals surface area contributed by atoms with E-state index in [2.05, 4.69) is 0 Å². The predicted octanol–water partition coefficient (Wildman–Crippen LogP) is 3.73. The molecule has 7 heteroatoms. The molecule has 1 unspecified atom stereocenters. The first-order valence-electron chi connectivity index (χ1n) is 1.93. The summed E-state index contributed by atoms with van der Waals surface area (Å²) in [6.07, 6.45) is -2.99. The van der Waals surface area contributed by atoms with Crippen molar-refractivity contribution >= 4 is 47.8 Å². The molecule has 0 rings (SSSR count). The molecule has 0 aromatic heterocycles. The Morgan fingerprint density at radius 2 is 1.30 bits per heavy atom. The maximum atomic E-state index is 12.2. The molecule has 0 saturated carbocycles. The monoisotopic (exact) mass is 350 g/mol. The summed E-state index contributed by atoms with van der Waals surface area (Å²) in [5, 5.41) is 0. The van der Waals surface area contributed by atoms with E-state index >= 15 is 0 Å². The first-order valence-corrected chi connectivity index (χ1v) is 4.31. The highest BCUT2D eigenvalue weighted by atomic mass is 79.9. The van der Waals surface area contributed by atoms with Crippen LogP contribution in [0.4, 0.5) is 17.6 Å². The summed E-state index contributed by atoms with van der Waals surface area (Å²) in [4.78, 5) is -3.88. The van der Waals surface area contributed by atoms with Gasteiger partial charge in [-0.25, -0.2) is 8.78 Å². The van der Waals surface area contributed by atoms with Crippen molar-refractivity contribution in [3.63, 3.8) is 0 Å². The summed E-state index contributed by atoms with van der Waals surface area (Å²) in [5.41, 5.74) is 0. The second kappa shape index (κ2) is 3.26. The summed E-state index contributed by atoms with van der Waals surface area (Å²) in [7, 11) is 0. The molecule has 0 aromatic rings. The molecule has 0 spiro atoms. The van der Waals surface area contributed by atoms with Crippen LogP contribution in [-0.2, 0) is 0 Å². The van der Waals surface area contributed by atoms with Crippen molar-refractivity contribution < 1.29 is 17.6 Å². The van der Waals surface area contributed by atoms with E-state index in [1.54, 1.807) is 15.9 Å². The van der Waals surface area contributed by atoms with Gasteiger partial charge in [-0.3, -0.25) is 0 Å². The molecule has 0 aromatic carbocycles. The topological polar surface area (TPSA) is 0 Å². The van der Waals surface area contributed by atoms with Gasteiger partial charge >= 0.3 is 4.83 Å². The fourth-order valence-electron chi connectivity index (χ4n) is 0.186. The number of hydrogen-bond acceptors (Lipinski definition) is 0. The zero-order valence-electron chi connectivity index (χ0n) is 4.22. The van der Waals surface area contributed by atoms with E-state index in [4.69, 9.17) is 0 Å². The fourth-order valence-corrected chi connectivity index (χ4v) is 1.69. The van der Waals surface area contributed by atoms with Gasteiger partial charge in [-0.05, 0) is 47.8 Å². The Bertz CT molecular complexity index is 99.9. The van der Waals surface area contributed by atoms with Gasteiger partial charge in [0, 0.05) is 0 Å². The van der Waals surface area contributed by atoms with Crippen LogP contribution in [0.1, 0.15) is 0 Å². The van der Waals surface area contributed by atoms with Gasteiger partial charge in [0.25, 0.3) is 3.49 Å². The first kappa shape index (κ1) is 11.2. The summed E-state index contributed by atoms with van der Waals surface area (Å²) in [6.45, 7) is 0. The lowest BCUT2D eigenvalue weighted by Gasteiger charge is -2.19. The maximum Gasteiger partial charge on any atom is 0.336 e. The van der Waals surface area contributed by atoms with Crippen molar-refractivity contribution in [1.82, 2.24) is 0 Å². The van der Waals surface area contributed by atoms with Crippen LogP contribution in [0, 0.1) is 0 Å². The van der Waals surface area contributed by atoms with Gasteiger partial charge in [-0.15, -0.1) is 0 Å². The van der Waals surface area contributed by atoms with Crippen LogP contribution in [-0.4, -0.2) is 14.5 Å². The van der Waals surface area contributed by atoms with Crippen LogP contribution in [0.25, 0.3) is 0 Å². The third kappa shape index (κ3) is 3.52. The van der Waals surface area contributed by atoms with E-state index in [1.807, 2.05) is 31.9 Å². The maximum absolute atomic E-state index is 12.2. The summed E-state index contributed by atoms with van der Waals surface area (Å²) in [6, 6.07) is 0. The van der Waals surface area contributed by atoms with Crippen molar-refractivity contribution in [1.29, 1.82) is 0 Å². The molecule has 0 radical (unpaired) electrons. The molecule has 0 aliphatic carbocycles. The smallest absolute Gasteiger partial charge is 0.234 e. The Kier molecular flexibility index (Phi) is 3.64. The summed E-state index contributed by atoms with van der Waals surface area (Å²) < 4.78 is 45.2. The van der Waals surface area contributed by atoms with Crippen molar-refractivity contribution in [2.45, 2.75) is 14.5 Å². The van der Waals surface area contributed by atoms with E-state index < -0.39 is 14.5 Å². The van der Waals surface area contributed by atoms with Gasteiger partial charge in [0.1, 0.15) is 0 Å². The van der Waals surface area contributed by atoms with Gasteiger partial charge in [0.2, 0.25) is 6.17 Å². The molecule has 0 amide bonds. The predicted molar refractivity (Wildman–Crippen MR) is 40.5 cm³/mol. The molecule has 0 nitrogen and oxygen atoms in total. The Morgan fingerprint density at radius 3 is 1.30 bits per heavy atom. The van der Waals surface area contributed by atoms with Crippen molar-refractivity contribution in [3.8, 4) is 0 Å². The van der Waals surface area contributed by atoms with Gasteiger partial charge in [0.05, 0.1) is 0 Å². The van der Waals surface area contributed by atoms with E-state index in [9.17, 15) is 17.6 Å². The summed E-state index contributed by atoms with van der Waals surface area (Å²) in [5.74, 6) is 0. The third-order valence-corrected chi connectivity index (χ3v) is 1.78. The molecule has 10 heavy (non-hydrogen) atoms. The Labute approximate surface area is 79.7 Å². The second-order valence-electron chi connectivity index (χ2n) is 1.45. The lowest BCUT2D eigenvalue weighted by molar-refractivity contribution is -0.00250. The molecular formula is C3HBr3F4. The van der Waals surface area contributed by atoms with Crippen LogP contribution in [0.3, 0.4) is 0 Å². The van der Waals surface area contributed by atoms with E-state index in [-0.39, 0.29) is 0 Å². The Morgan fingerprint density at radius 1 is 1.00 bits per heavy atom. The number of alkyl halides is 7. The van der Waals surface area contributed by atoms with Crippen LogP contribution >= 0.6 is 47.8 Å². The first-order chi connectivity index (χ1) is 4.15. The van der Waals surface area contributed by atoms with Crippen LogP contribution < -0.4 is 0 Å². The largest absolute Gasteiger partial charge is 0.336 e. The van der Waals surface area contributed by atoms with Gasteiger partial charge in [-0.2, -0.15) is 8.78 Å². The van der Waals surface area contributed by atoms with E-state index in [0.717, 1.165) is 0 Å². The average molecular weight is 353 g/mol. The number of rotatable bonds is 2. The molecule has 62 valence electrons. The second-order valence-corrected chi connectivity index (χ2v) is 5.88. The third-order valence-electron chi connectivity index (χ3n) is 0.575. The van der Waals surface area contributed by atoms with E-state index in [1.165, 1.54) is 0 Å². The average Bonchev–Trinajstić information content (AvgIpc) is 1.59. The van der Waals surface area contributed by atoms with Crippen LogP contribution in [0.2, 0.25) is 0 Å². The Balaban J connectivity index is 4.23. The van der Waals surface area contributed by atoms with Gasteiger partial charge < -0.3 is 0 Å². The number of halogens is 7. The zero-order chi connectivity index (χ0) is 8.58. The van der Waals surface area contributed by atoms with Gasteiger partial charge in [0.15, 0.2) is 0 Å². The highest BCUT2D eigenvalue weighted by molar-refractivity contribution is 9.25.